The first-order chi connectivity index (χ1) is 31.4. The van der Waals surface area contributed by atoms with Gasteiger partial charge in [0.2, 0.25) is 0 Å². The van der Waals surface area contributed by atoms with Crippen molar-refractivity contribution >= 4 is 39.2 Å². The molecule has 5 aromatic rings. The second-order valence-electron chi connectivity index (χ2n) is 22.7. The molecule has 2 aliphatic heterocycles. The number of likely N-dealkylation sites (tertiary alicyclic amines) is 2. The van der Waals surface area contributed by atoms with Crippen LogP contribution in [0.25, 0.3) is 44.8 Å². The number of fused-ring (bicyclic) bond motifs is 1. The van der Waals surface area contributed by atoms with Crippen molar-refractivity contribution in [1.29, 1.82) is 0 Å². The van der Waals surface area contributed by atoms with Gasteiger partial charge in [0.15, 0.2) is 0 Å². The monoisotopic (exact) mass is 953 g/mol. The summed E-state index contributed by atoms with van der Waals surface area (Å²) in [6.07, 6.45) is 5.28. The third kappa shape index (κ3) is 10.9. The van der Waals surface area contributed by atoms with Crippen molar-refractivity contribution in [3.05, 3.63) is 76.9 Å². The molecule has 2 amide bonds. The molecule has 0 radical (unpaired) electrons. The molecule has 362 valence electrons. The first kappa shape index (κ1) is 49.8. The van der Waals surface area contributed by atoms with Crippen molar-refractivity contribution in [2.24, 2.45) is 5.41 Å². The van der Waals surface area contributed by atoms with Gasteiger partial charge in [-0.3, -0.25) is 14.6 Å². The van der Waals surface area contributed by atoms with Crippen molar-refractivity contribution in [3.8, 4) is 33.9 Å². The van der Waals surface area contributed by atoms with E-state index in [1.54, 1.807) is 16.0 Å². The average molecular weight is 953 g/mol. The Kier molecular flexibility index (Phi) is 14.2. The molecular formula is C50H72N8O7Si2. The summed E-state index contributed by atoms with van der Waals surface area (Å²) in [5, 5.41) is 10.9. The Morgan fingerprint density at radius 3 is 2.01 bits per heavy atom. The standard InChI is InChI=1S/C50H72N8O7Si2/c1-48(2,3)50(22-14-24-58(50)46(60)61)45-52-31-40(57(45)33-64-26-28-67(10,11)12)34-16-18-35(19-17-34)42-53-38-21-20-36(29-37(38)44(59)54-42)41-30-51-43(56(41)32-63-25-27-66(7,8)9)39-15-13-23-55(39)47(62)65-49(4,5)6/h16-21,29-31,39H,13-15,22-28,32-33H2,1-12H3,(H,60,61)(H,53,54,59)/t39-,50+/m0/s1. The van der Waals surface area contributed by atoms with Gasteiger partial charge < -0.3 is 33.4 Å². The van der Waals surface area contributed by atoms with Crippen molar-refractivity contribution in [3.63, 3.8) is 0 Å². The third-order valence-electron chi connectivity index (χ3n) is 13.0. The number of aromatic nitrogens is 6. The van der Waals surface area contributed by atoms with E-state index in [4.69, 9.17) is 29.2 Å². The Morgan fingerprint density at radius 1 is 0.806 bits per heavy atom. The largest absolute Gasteiger partial charge is 0.465 e. The summed E-state index contributed by atoms with van der Waals surface area (Å²) in [5.74, 6) is 1.84. The van der Waals surface area contributed by atoms with E-state index in [-0.39, 0.29) is 31.2 Å². The van der Waals surface area contributed by atoms with Crippen LogP contribution < -0.4 is 5.56 Å². The predicted octanol–water partition coefficient (Wildman–Crippen LogP) is 11.0. The summed E-state index contributed by atoms with van der Waals surface area (Å²) in [6, 6.07) is 15.2. The molecule has 2 saturated heterocycles. The molecule has 15 nitrogen and oxygen atoms in total. The second kappa shape index (κ2) is 19.1. The molecule has 5 heterocycles. The summed E-state index contributed by atoms with van der Waals surface area (Å²) in [4.78, 5) is 61.3. The Morgan fingerprint density at radius 2 is 1.40 bits per heavy atom. The summed E-state index contributed by atoms with van der Waals surface area (Å²) < 4.78 is 22.5. The lowest BCUT2D eigenvalue weighted by atomic mass is 9.71. The maximum Gasteiger partial charge on any atom is 0.410 e. The van der Waals surface area contributed by atoms with E-state index in [1.807, 2.05) is 74.0 Å². The lowest BCUT2D eigenvalue weighted by Gasteiger charge is -2.46. The number of nitrogens with zero attached hydrogens (tertiary/aromatic N) is 7. The number of ether oxygens (including phenoxy) is 3. The molecule has 17 heteroatoms. The first-order valence-corrected chi connectivity index (χ1v) is 31.2. The van der Waals surface area contributed by atoms with E-state index in [9.17, 15) is 19.5 Å². The maximum absolute atomic E-state index is 14.0. The van der Waals surface area contributed by atoms with E-state index < -0.39 is 38.8 Å². The molecule has 3 aromatic heterocycles. The van der Waals surface area contributed by atoms with Crippen LogP contribution in [0, 0.1) is 5.41 Å². The van der Waals surface area contributed by atoms with Crippen LogP contribution in [-0.2, 0) is 33.2 Å². The van der Waals surface area contributed by atoms with E-state index >= 15 is 0 Å². The Hall–Kier alpha value is -5.11. The zero-order valence-corrected chi connectivity index (χ0v) is 43.8. The minimum absolute atomic E-state index is 0.239. The summed E-state index contributed by atoms with van der Waals surface area (Å²) in [5.41, 5.74) is 2.32. The number of carbonyl (C=O) groups excluding carboxylic acids is 1. The van der Waals surface area contributed by atoms with Crippen LogP contribution in [0.3, 0.4) is 0 Å². The molecule has 2 fully saturated rings. The molecule has 0 aliphatic carbocycles. The second-order valence-corrected chi connectivity index (χ2v) is 34.0. The molecule has 2 atom stereocenters. The number of amides is 2. The number of benzene rings is 2. The smallest absolute Gasteiger partial charge is 0.410 e. The maximum atomic E-state index is 14.0. The molecule has 2 aromatic carbocycles. The number of nitrogens with one attached hydrogen (secondary N) is 1. The summed E-state index contributed by atoms with van der Waals surface area (Å²) in [6.45, 7) is 28.5. The lowest BCUT2D eigenvalue weighted by molar-refractivity contribution is 0.00957. The molecule has 0 saturated carbocycles. The highest BCUT2D eigenvalue weighted by molar-refractivity contribution is 6.76. The number of carbonyl (C=O) groups is 2. The van der Waals surface area contributed by atoms with Gasteiger partial charge in [-0.05, 0) is 81.7 Å². The van der Waals surface area contributed by atoms with Crippen LogP contribution in [0.2, 0.25) is 51.4 Å². The molecule has 2 N–H and O–H groups in total. The Labute approximate surface area is 397 Å². The fourth-order valence-electron chi connectivity index (χ4n) is 9.39. The van der Waals surface area contributed by atoms with Gasteiger partial charge in [0.1, 0.15) is 42.1 Å². The van der Waals surface area contributed by atoms with Crippen molar-refractivity contribution in [2.45, 2.75) is 149 Å². The number of hydrogen-bond donors (Lipinski definition) is 2. The van der Waals surface area contributed by atoms with Gasteiger partial charge in [0.05, 0.1) is 40.7 Å². The highest BCUT2D eigenvalue weighted by atomic mass is 28.3. The molecular weight excluding hydrogens is 881 g/mol. The van der Waals surface area contributed by atoms with Gasteiger partial charge in [-0.15, -0.1) is 0 Å². The van der Waals surface area contributed by atoms with Gasteiger partial charge in [-0.2, -0.15) is 0 Å². The van der Waals surface area contributed by atoms with Crippen LogP contribution in [0.5, 0.6) is 0 Å². The van der Waals surface area contributed by atoms with Gasteiger partial charge in [-0.1, -0.05) is 90.4 Å². The minimum Gasteiger partial charge on any atom is -0.465 e. The zero-order chi connectivity index (χ0) is 48.7. The van der Waals surface area contributed by atoms with Crippen LogP contribution in [0.4, 0.5) is 9.59 Å². The number of rotatable bonds is 15. The van der Waals surface area contributed by atoms with E-state index in [2.05, 4.69) is 69.6 Å². The predicted molar refractivity (Wildman–Crippen MR) is 268 cm³/mol. The number of imidazole rings is 2. The number of H-pyrrole nitrogens is 1. The topological polar surface area (TPSA) is 170 Å². The van der Waals surface area contributed by atoms with Crippen LogP contribution >= 0.6 is 0 Å². The molecule has 2 aliphatic rings. The Bertz CT molecular complexity index is 2630. The molecule has 67 heavy (non-hydrogen) atoms. The lowest BCUT2D eigenvalue weighted by Crippen LogP contribution is -2.54. The summed E-state index contributed by atoms with van der Waals surface area (Å²) >= 11 is 0. The number of aromatic amines is 1. The van der Waals surface area contributed by atoms with Crippen LogP contribution in [-0.4, -0.2) is 104 Å². The highest BCUT2D eigenvalue weighted by Gasteiger charge is 2.56. The quantitative estimate of drug-likeness (QED) is 0.0760. The molecule has 7 rings (SSSR count). The van der Waals surface area contributed by atoms with Crippen LogP contribution in [0.1, 0.15) is 84.9 Å². The third-order valence-corrected chi connectivity index (χ3v) is 16.4. The van der Waals surface area contributed by atoms with Gasteiger partial charge in [0.25, 0.3) is 5.56 Å². The number of hydrogen-bond acceptors (Lipinski definition) is 9. The SMILES string of the molecule is CC(C)(C)OC(=O)N1CCC[C@H]1c1ncc(-c2ccc3nc(-c4ccc(-c5cnc([C@@]6(C(C)(C)C)CCCN6C(=O)O)n5COCC[Si](C)(C)C)cc4)[nH]c(=O)c3c2)n1COCC[Si](C)(C)C. The summed E-state index contributed by atoms with van der Waals surface area (Å²) in [7, 11) is -2.71. The fourth-order valence-corrected chi connectivity index (χ4v) is 10.9. The molecule has 0 spiro atoms. The highest BCUT2D eigenvalue weighted by Crippen LogP contribution is 2.51. The van der Waals surface area contributed by atoms with Crippen molar-refractivity contribution in [2.75, 3.05) is 26.3 Å². The van der Waals surface area contributed by atoms with E-state index in [0.717, 1.165) is 65.3 Å². The molecule has 0 bridgehead atoms. The number of carboxylic acid groups (broad SMARTS) is 1. The van der Waals surface area contributed by atoms with E-state index in [1.165, 1.54) is 0 Å². The van der Waals surface area contributed by atoms with Crippen molar-refractivity contribution in [1.82, 2.24) is 38.9 Å². The zero-order valence-electron chi connectivity index (χ0n) is 41.8. The van der Waals surface area contributed by atoms with Gasteiger partial charge in [-0.25, -0.2) is 24.5 Å². The first-order valence-electron chi connectivity index (χ1n) is 23.8. The van der Waals surface area contributed by atoms with Crippen molar-refractivity contribution < 1.29 is 28.9 Å². The van der Waals surface area contributed by atoms with E-state index in [0.29, 0.717) is 55.3 Å². The minimum atomic E-state index is -1.36. The fraction of sp³-hybridized carbons (Fsp3) is 0.560. The van der Waals surface area contributed by atoms with Crippen LogP contribution in [0.15, 0.2) is 59.7 Å². The average Bonchev–Trinajstić information content (AvgIpc) is 4.05. The van der Waals surface area contributed by atoms with Gasteiger partial charge in [0, 0.05) is 53.6 Å². The Balaban J connectivity index is 1.20. The normalized spacial score (nSPS) is 18.4. The van der Waals surface area contributed by atoms with Gasteiger partial charge >= 0.3 is 12.2 Å². The molecule has 0 unspecified atom stereocenters.